The molecule has 0 aliphatic heterocycles. The number of nitrogens with one attached hydrogen (secondary N) is 1. The molecule has 1 heterocycles. The molecule has 2 unspecified atom stereocenters. The van der Waals surface area contributed by atoms with Crippen LogP contribution in [0.15, 0.2) is 36.5 Å². The second-order valence-corrected chi connectivity index (χ2v) is 6.37. The summed E-state index contributed by atoms with van der Waals surface area (Å²) in [6.07, 6.45) is 7.68. The van der Waals surface area contributed by atoms with Crippen molar-refractivity contribution in [2.24, 2.45) is 11.8 Å². The number of imidazole rings is 1. The van der Waals surface area contributed by atoms with E-state index in [1.807, 2.05) is 18.2 Å². The molecule has 1 aromatic carbocycles. The molecule has 3 nitrogen and oxygen atoms in total. The zero-order chi connectivity index (χ0) is 14.7. The van der Waals surface area contributed by atoms with Crippen LogP contribution in [-0.4, -0.2) is 9.55 Å². The van der Waals surface area contributed by atoms with E-state index in [2.05, 4.69) is 47.0 Å². The number of aromatic nitrogens is 2. The van der Waals surface area contributed by atoms with Gasteiger partial charge in [-0.1, -0.05) is 44.4 Å². The highest BCUT2D eigenvalue weighted by molar-refractivity contribution is 5.53. The minimum Gasteiger partial charge on any atom is -0.326 e. The van der Waals surface area contributed by atoms with Gasteiger partial charge in [-0.15, -0.1) is 0 Å². The Hall–Kier alpha value is -1.77. The van der Waals surface area contributed by atoms with Crippen molar-refractivity contribution < 1.29 is 0 Å². The van der Waals surface area contributed by atoms with Gasteiger partial charge < -0.3 is 9.88 Å². The third kappa shape index (κ3) is 3.46. The molecule has 3 heteroatoms. The predicted molar refractivity (Wildman–Crippen MR) is 87.8 cm³/mol. The Balaban J connectivity index is 1.76. The number of benzene rings is 1. The first-order valence-electron chi connectivity index (χ1n) is 8.08. The lowest BCUT2D eigenvalue weighted by atomic mass is 9.80. The quantitative estimate of drug-likeness (QED) is 0.876. The Bertz CT molecular complexity index is 573. The van der Waals surface area contributed by atoms with Crippen molar-refractivity contribution in [1.82, 2.24) is 9.55 Å². The molecule has 21 heavy (non-hydrogen) atoms. The van der Waals surface area contributed by atoms with Crippen LogP contribution >= 0.6 is 0 Å². The average Bonchev–Trinajstić information content (AvgIpc) is 2.82. The van der Waals surface area contributed by atoms with E-state index in [9.17, 15) is 0 Å². The summed E-state index contributed by atoms with van der Waals surface area (Å²) in [4.78, 5) is 4.65. The molecule has 0 amide bonds. The van der Waals surface area contributed by atoms with Gasteiger partial charge in [0.15, 0.2) is 0 Å². The van der Waals surface area contributed by atoms with Crippen LogP contribution in [0.2, 0.25) is 0 Å². The molecule has 0 radical (unpaired) electrons. The summed E-state index contributed by atoms with van der Waals surface area (Å²) in [5, 5.41) is 3.45. The minimum atomic E-state index is 0.781. The van der Waals surface area contributed by atoms with Crippen LogP contribution in [0.5, 0.6) is 0 Å². The third-order valence-corrected chi connectivity index (χ3v) is 4.65. The van der Waals surface area contributed by atoms with Crippen molar-refractivity contribution in [3.63, 3.8) is 0 Å². The van der Waals surface area contributed by atoms with Gasteiger partial charge in [-0.25, -0.2) is 4.98 Å². The van der Waals surface area contributed by atoms with E-state index in [0.717, 1.165) is 35.7 Å². The number of aryl methyl sites for hydroxylation is 1. The fraction of sp³-hybridized carbons (Fsp3) is 0.500. The number of nitrogens with zero attached hydrogens (tertiary/aromatic N) is 2. The first-order valence-corrected chi connectivity index (χ1v) is 8.08. The molecule has 1 aliphatic rings. The van der Waals surface area contributed by atoms with Crippen LogP contribution in [0.3, 0.4) is 0 Å². The fourth-order valence-corrected chi connectivity index (χ4v) is 3.35. The summed E-state index contributed by atoms with van der Waals surface area (Å²) < 4.78 is 2.30. The minimum absolute atomic E-state index is 0.781. The number of rotatable bonds is 4. The topological polar surface area (TPSA) is 29.9 Å². The zero-order valence-electron chi connectivity index (χ0n) is 13.0. The first-order chi connectivity index (χ1) is 10.2. The van der Waals surface area contributed by atoms with Crippen molar-refractivity contribution in [1.29, 1.82) is 0 Å². The number of hydrogen-bond donors (Lipinski definition) is 1. The highest BCUT2D eigenvalue weighted by atomic mass is 15.2. The van der Waals surface area contributed by atoms with E-state index in [0.29, 0.717) is 0 Å². The lowest BCUT2D eigenvalue weighted by molar-refractivity contribution is 0.229. The van der Waals surface area contributed by atoms with Gasteiger partial charge in [0.1, 0.15) is 0 Å². The van der Waals surface area contributed by atoms with Crippen molar-refractivity contribution in [3.05, 3.63) is 42.2 Å². The summed E-state index contributed by atoms with van der Waals surface area (Å²) in [6, 6.07) is 10.3. The molecule has 1 N–H and O–H groups in total. The molecule has 2 aromatic rings. The fourth-order valence-electron chi connectivity index (χ4n) is 3.35. The second-order valence-electron chi connectivity index (χ2n) is 6.37. The lowest BCUT2D eigenvalue weighted by Gasteiger charge is -2.29. The summed E-state index contributed by atoms with van der Waals surface area (Å²) >= 11 is 0. The number of para-hydroxylation sites is 1. The van der Waals surface area contributed by atoms with E-state index in [1.165, 1.54) is 25.7 Å². The number of anilines is 2. The largest absolute Gasteiger partial charge is 0.326 e. The van der Waals surface area contributed by atoms with E-state index < -0.39 is 0 Å². The highest BCUT2D eigenvalue weighted by Gasteiger charge is 2.22. The molecule has 1 aliphatic carbocycles. The molecular formula is C18H25N3. The molecule has 1 saturated carbocycles. The lowest BCUT2D eigenvalue weighted by Crippen LogP contribution is -2.22. The molecule has 112 valence electrons. The zero-order valence-corrected chi connectivity index (χ0v) is 13.0. The second kappa shape index (κ2) is 6.33. The number of hydrogen-bond acceptors (Lipinski definition) is 2. The molecule has 0 spiro atoms. The van der Waals surface area contributed by atoms with Gasteiger partial charge in [0.2, 0.25) is 5.95 Å². The van der Waals surface area contributed by atoms with Crippen LogP contribution in [0.25, 0.3) is 0 Å². The standard InChI is InChI=1S/C18H25N3/c1-14-8-6-7-9-16(14)13-21-12-15(2)19-18(21)20-17-10-4-3-5-11-17/h3-5,10-12,14,16H,6-9,13H2,1-2H3,(H,19,20). The van der Waals surface area contributed by atoms with Gasteiger partial charge >= 0.3 is 0 Å². The molecular weight excluding hydrogens is 258 g/mol. The first kappa shape index (κ1) is 14.2. The normalized spacial score (nSPS) is 22.2. The summed E-state index contributed by atoms with van der Waals surface area (Å²) in [6.45, 7) is 5.55. The van der Waals surface area contributed by atoms with E-state index in [1.54, 1.807) is 0 Å². The maximum absolute atomic E-state index is 4.65. The average molecular weight is 283 g/mol. The Labute approximate surface area is 127 Å². The molecule has 2 atom stereocenters. The monoisotopic (exact) mass is 283 g/mol. The Morgan fingerprint density at radius 1 is 1.19 bits per heavy atom. The van der Waals surface area contributed by atoms with Crippen LogP contribution in [0, 0.1) is 18.8 Å². The SMILES string of the molecule is Cc1cn(CC2CCCCC2C)c(Nc2ccccc2)n1. The van der Waals surface area contributed by atoms with Crippen LogP contribution in [-0.2, 0) is 6.54 Å². The van der Waals surface area contributed by atoms with Crippen molar-refractivity contribution in [2.75, 3.05) is 5.32 Å². The molecule has 1 aromatic heterocycles. The highest BCUT2D eigenvalue weighted by Crippen LogP contribution is 2.31. The van der Waals surface area contributed by atoms with Gasteiger partial charge in [0.25, 0.3) is 0 Å². The van der Waals surface area contributed by atoms with Gasteiger partial charge in [-0.2, -0.15) is 0 Å². The third-order valence-electron chi connectivity index (χ3n) is 4.65. The van der Waals surface area contributed by atoms with Crippen molar-refractivity contribution in [3.8, 4) is 0 Å². The van der Waals surface area contributed by atoms with E-state index >= 15 is 0 Å². The molecule has 1 fully saturated rings. The molecule has 0 saturated heterocycles. The Kier molecular flexibility index (Phi) is 4.28. The van der Waals surface area contributed by atoms with Gasteiger partial charge in [-0.3, -0.25) is 0 Å². The van der Waals surface area contributed by atoms with Gasteiger partial charge in [0.05, 0.1) is 5.69 Å². The molecule has 3 rings (SSSR count). The van der Waals surface area contributed by atoms with Crippen LogP contribution in [0.4, 0.5) is 11.6 Å². The predicted octanol–water partition coefficient (Wildman–Crippen LogP) is 4.76. The van der Waals surface area contributed by atoms with Crippen LogP contribution < -0.4 is 5.32 Å². The smallest absolute Gasteiger partial charge is 0.207 e. The summed E-state index contributed by atoms with van der Waals surface area (Å²) in [7, 11) is 0. The van der Waals surface area contributed by atoms with Crippen molar-refractivity contribution >= 4 is 11.6 Å². The van der Waals surface area contributed by atoms with Gasteiger partial charge in [-0.05, 0) is 37.3 Å². The maximum atomic E-state index is 4.65. The van der Waals surface area contributed by atoms with Crippen LogP contribution in [0.1, 0.15) is 38.3 Å². The van der Waals surface area contributed by atoms with Crippen molar-refractivity contribution in [2.45, 2.75) is 46.1 Å². The Morgan fingerprint density at radius 3 is 2.71 bits per heavy atom. The summed E-state index contributed by atoms with van der Waals surface area (Å²) in [5.74, 6) is 2.58. The van der Waals surface area contributed by atoms with E-state index in [-0.39, 0.29) is 0 Å². The summed E-state index contributed by atoms with van der Waals surface area (Å²) in [5.41, 5.74) is 2.18. The van der Waals surface area contributed by atoms with Gasteiger partial charge in [0, 0.05) is 18.4 Å². The Morgan fingerprint density at radius 2 is 1.95 bits per heavy atom. The van der Waals surface area contributed by atoms with E-state index in [4.69, 9.17) is 0 Å². The maximum Gasteiger partial charge on any atom is 0.207 e. The molecule has 0 bridgehead atoms.